The molecule has 0 aromatic heterocycles. The van der Waals surface area contributed by atoms with Crippen LogP contribution >= 0.6 is 23.2 Å². The zero-order valence-electron chi connectivity index (χ0n) is 10.7. The van der Waals surface area contributed by atoms with Crippen molar-refractivity contribution in [2.24, 2.45) is 11.7 Å². The summed E-state index contributed by atoms with van der Waals surface area (Å²) in [6, 6.07) is 3.49. The minimum Gasteiger partial charge on any atom is -0.495 e. The molecule has 6 heteroatoms. The largest absolute Gasteiger partial charge is 0.495 e. The molecule has 4 nitrogen and oxygen atoms in total. The minimum absolute atomic E-state index is 0.0688. The summed E-state index contributed by atoms with van der Waals surface area (Å²) in [5.74, 6) is 0.327. The Bertz CT molecular complexity index is 494. The van der Waals surface area contributed by atoms with Crippen LogP contribution in [0.15, 0.2) is 12.1 Å². The maximum atomic E-state index is 11.2. The lowest BCUT2D eigenvalue weighted by atomic mass is 10.1. The second-order valence-corrected chi connectivity index (χ2v) is 5.55. The smallest absolute Gasteiger partial charge is 0.221 e. The van der Waals surface area contributed by atoms with Gasteiger partial charge in [0.25, 0.3) is 0 Å². The van der Waals surface area contributed by atoms with E-state index in [4.69, 9.17) is 33.7 Å². The molecule has 0 radical (unpaired) electrons. The molecule has 1 aromatic carbocycles. The molecule has 1 heterocycles. The Hall–Kier alpha value is -0.970. The number of benzene rings is 1. The molecule has 0 spiro atoms. The Morgan fingerprint density at radius 3 is 2.84 bits per heavy atom. The second kappa shape index (κ2) is 5.99. The van der Waals surface area contributed by atoms with Gasteiger partial charge < -0.3 is 10.5 Å². The third-order valence-corrected chi connectivity index (χ3v) is 3.86. The molecule has 19 heavy (non-hydrogen) atoms. The van der Waals surface area contributed by atoms with Crippen molar-refractivity contribution < 1.29 is 9.53 Å². The van der Waals surface area contributed by atoms with Gasteiger partial charge >= 0.3 is 0 Å². The van der Waals surface area contributed by atoms with Crippen molar-refractivity contribution in [3.8, 4) is 5.75 Å². The van der Waals surface area contributed by atoms with Crippen molar-refractivity contribution in [1.82, 2.24) is 4.90 Å². The molecule has 0 bridgehead atoms. The number of nitrogens with zero attached hydrogens (tertiary/aromatic N) is 1. The van der Waals surface area contributed by atoms with E-state index in [1.165, 1.54) is 0 Å². The van der Waals surface area contributed by atoms with E-state index in [-0.39, 0.29) is 11.8 Å². The maximum Gasteiger partial charge on any atom is 0.221 e. The van der Waals surface area contributed by atoms with Gasteiger partial charge in [0, 0.05) is 23.7 Å². The molecule has 1 amide bonds. The Morgan fingerprint density at radius 1 is 1.53 bits per heavy atom. The third kappa shape index (κ3) is 3.32. The standard InChI is InChI=1S/C13H16Cl2N2O2/c1-19-12-9(4-10(14)5-11(12)15)7-17-3-2-8(6-17)13(16)18/h4-5,8H,2-3,6-7H2,1H3,(H2,16,18)/t8-/m1/s1. The van der Waals surface area contributed by atoms with E-state index in [1.54, 1.807) is 13.2 Å². The van der Waals surface area contributed by atoms with Crippen LogP contribution in [0.3, 0.4) is 0 Å². The molecule has 0 saturated carbocycles. The molecule has 1 aromatic rings. The normalized spacial score (nSPS) is 19.6. The first-order chi connectivity index (χ1) is 9.01. The van der Waals surface area contributed by atoms with E-state index in [9.17, 15) is 4.79 Å². The molecule has 0 aliphatic carbocycles. The minimum atomic E-state index is -0.237. The number of primary amides is 1. The lowest BCUT2D eigenvalue weighted by molar-refractivity contribution is -0.121. The van der Waals surface area contributed by atoms with Crippen molar-refractivity contribution in [1.29, 1.82) is 0 Å². The summed E-state index contributed by atoms with van der Waals surface area (Å²) in [5, 5.41) is 1.07. The molecule has 0 unspecified atom stereocenters. The Labute approximate surface area is 122 Å². The van der Waals surface area contributed by atoms with Crippen LogP contribution in [0.4, 0.5) is 0 Å². The molecule has 104 valence electrons. The number of hydrogen-bond acceptors (Lipinski definition) is 3. The molecular formula is C13H16Cl2N2O2. The van der Waals surface area contributed by atoms with Crippen molar-refractivity contribution >= 4 is 29.1 Å². The first kappa shape index (κ1) is 14.4. The number of nitrogens with two attached hydrogens (primary N) is 1. The van der Waals surface area contributed by atoms with Crippen LogP contribution in [0.1, 0.15) is 12.0 Å². The number of rotatable bonds is 4. The SMILES string of the molecule is COc1c(Cl)cc(Cl)cc1CN1CC[C@@H](C(N)=O)C1. The van der Waals surface area contributed by atoms with Crippen LogP contribution in [0.2, 0.25) is 10.0 Å². The van der Waals surface area contributed by atoms with Crippen LogP contribution in [0.5, 0.6) is 5.75 Å². The number of carbonyl (C=O) groups excluding carboxylic acids is 1. The topological polar surface area (TPSA) is 55.6 Å². The first-order valence-corrected chi connectivity index (χ1v) is 6.80. The van der Waals surface area contributed by atoms with Gasteiger partial charge in [0.2, 0.25) is 5.91 Å². The lowest BCUT2D eigenvalue weighted by Gasteiger charge is -2.18. The number of carbonyl (C=O) groups is 1. The van der Waals surface area contributed by atoms with Gasteiger partial charge in [0.1, 0.15) is 5.75 Å². The van der Waals surface area contributed by atoms with Gasteiger partial charge in [-0.05, 0) is 25.1 Å². The first-order valence-electron chi connectivity index (χ1n) is 6.05. The van der Waals surface area contributed by atoms with Gasteiger partial charge in [-0.15, -0.1) is 0 Å². The molecule has 1 aliphatic heterocycles. The highest BCUT2D eigenvalue weighted by atomic mass is 35.5. The highest BCUT2D eigenvalue weighted by molar-refractivity contribution is 6.35. The van der Waals surface area contributed by atoms with Crippen LogP contribution in [-0.2, 0) is 11.3 Å². The van der Waals surface area contributed by atoms with E-state index in [0.29, 0.717) is 28.9 Å². The van der Waals surface area contributed by atoms with Gasteiger partial charge in [0.05, 0.1) is 18.1 Å². The van der Waals surface area contributed by atoms with E-state index in [2.05, 4.69) is 4.90 Å². The Balaban J connectivity index is 2.13. The summed E-state index contributed by atoms with van der Waals surface area (Å²) >= 11 is 12.1. The van der Waals surface area contributed by atoms with Crippen molar-refractivity contribution in [3.05, 3.63) is 27.7 Å². The highest BCUT2D eigenvalue weighted by Crippen LogP contribution is 2.33. The van der Waals surface area contributed by atoms with Gasteiger partial charge in [0.15, 0.2) is 0 Å². The summed E-state index contributed by atoms with van der Waals surface area (Å²) in [6.07, 6.45) is 0.798. The van der Waals surface area contributed by atoms with E-state index >= 15 is 0 Å². The predicted octanol–water partition coefficient (Wildman–Crippen LogP) is 2.31. The fourth-order valence-electron chi connectivity index (χ4n) is 2.41. The molecule has 1 saturated heterocycles. The van der Waals surface area contributed by atoms with Crippen molar-refractivity contribution in [2.75, 3.05) is 20.2 Å². The fourth-order valence-corrected chi connectivity index (χ4v) is 3.02. The number of likely N-dealkylation sites (tertiary alicyclic amines) is 1. The third-order valence-electron chi connectivity index (χ3n) is 3.36. The second-order valence-electron chi connectivity index (χ2n) is 4.70. The van der Waals surface area contributed by atoms with Gasteiger partial charge in [-0.1, -0.05) is 23.2 Å². The number of hydrogen-bond donors (Lipinski definition) is 1. The summed E-state index contributed by atoms with van der Waals surface area (Å²) in [4.78, 5) is 13.3. The number of halogens is 2. The van der Waals surface area contributed by atoms with Gasteiger partial charge in [-0.2, -0.15) is 0 Å². The average Bonchev–Trinajstić information content (AvgIpc) is 2.77. The van der Waals surface area contributed by atoms with E-state index in [0.717, 1.165) is 18.5 Å². The quantitative estimate of drug-likeness (QED) is 0.928. The average molecular weight is 303 g/mol. The molecular weight excluding hydrogens is 287 g/mol. The van der Waals surface area contributed by atoms with Crippen molar-refractivity contribution in [2.45, 2.75) is 13.0 Å². The van der Waals surface area contributed by atoms with Crippen LogP contribution < -0.4 is 10.5 Å². The maximum absolute atomic E-state index is 11.2. The Morgan fingerprint density at radius 2 is 2.26 bits per heavy atom. The summed E-state index contributed by atoms with van der Waals surface area (Å²) < 4.78 is 5.31. The van der Waals surface area contributed by atoms with E-state index in [1.807, 2.05) is 6.07 Å². The highest BCUT2D eigenvalue weighted by Gasteiger charge is 2.27. The molecule has 1 aliphatic rings. The fraction of sp³-hybridized carbons (Fsp3) is 0.462. The summed E-state index contributed by atoms with van der Waals surface area (Å²) in [6.45, 7) is 2.15. The number of ether oxygens (including phenoxy) is 1. The molecule has 1 fully saturated rings. The zero-order valence-corrected chi connectivity index (χ0v) is 12.2. The van der Waals surface area contributed by atoms with Gasteiger partial charge in [-0.3, -0.25) is 9.69 Å². The van der Waals surface area contributed by atoms with Crippen LogP contribution in [-0.4, -0.2) is 31.0 Å². The molecule has 1 atom stereocenters. The summed E-state index contributed by atoms with van der Waals surface area (Å²) in [7, 11) is 1.58. The van der Waals surface area contributed by atoms with Crippen molar-refractivity contribution in [3.63, 3.8) is 0 Å². The number of amides is 1. The summed E-state index contributed by atoms with van der Waals surface area (Å²) in [5.41, 5.74) is 6.25. The monoisotopic (exact) mass is 302 g/mol. The molecule has 2 rings (SSSR count). The Kier molecular flexibility index (Phi) is 4.55. The van der Waals surface area contributed by atoms with Gasteiger partial charge in [-0.25, -0.2) is 0 Å². The zero-order chi connectivity index (χ0) is 14.0. The predicted molar refractivity (Wildman–Crippen MR) is 75.6 cm³/mol. The lowest BCUT2D eigenvalue weighted by Crippen LogP contribution is -2.27. The van der Waals surface area contributed by atoms with Crippen LogP contribution in [0.25, 0.3) is 0 Å². The van der Waals surface area contributed by atoms with E-state index < -0.39 is 0 Å². The number of methoxy groups -OCH3 is 1. The van der Waals surface area contributed by atoms with Crippen LogP contribution in [0, 0.1) is 5.92 Å². The molecule has 2 N–H and O–H groups in total.